The summed E-state index contributed by atoms with van der Waals surface area (Å²) in [5.74, 6) is 0.231. The van der Waals surface area contributed by atoms with Gasteiger partial charge in [-0.1, -0.05) is 37.6 Å². The van der Waals surface area contributed by atoms with Gasteiger partial charge in [0.05, 0.1) is 5.56 Å². The molecule has 3 rings (SSSR count). The zero-order valence-electron chi connectivity index (χ0n) is 17.7. The molecule has 31 heavy (non-hydrogen) atoms. The van der Waals surface area contributed by atoms with E-state index in [2.05, 4.69) is 4.98 Å². The maximum atomic E-state index is 12.7. The monoisotopic (exact) mass is 418 g/mol. The fraction of sp³-hybridized carbons (Fsp3) is 0.240. The second kappa shape index (κ2) is 10.00. The molecule has 0 atom stereocenters. The largest absolute Gasteiger partial charge is 0.507 e. The highest BCUT2D eigenvalue weighted by Crippen LogP contribution is 2.33. The fourth-order valence-electron chi connectivity index (χ4n) is 3.33. The third-order valence-corrected chi connectivity index (χ3v) is 5.02. The number of carbonyl (C=O) groups excluding carboxylic acids is 2. The van der Waals surface area contributed by atoms with Crippen molar-refractivity contribution in [3.63, 3.8) is 0 Å². The second-order valence-electron chi connectivity index (χ2n) is 7.35. The van der Waals surface area contributed by atoms with Crippen LogP contribution >= 0.6 is 0 Å². The Labute approximate surface area is 181 Å². The number of nitrogens with zero attached hydrogens (tertiary/aromatic N) is 1. The van der Waals surface area contributed by atoms with E-state index < -0.39 is 0 Å². The summed E-state index contributed by atoms with van der Waals surface area (Å²) >= 11 is 0. The fourth-order valence-corrected chi connectivity index (χ4v) is 3.33. The Morgan fingerprint density at radius 3 is 2.42 bits per heavy atom. The number of carbonyl (C=O) groups is 2. The number of ether oxygens (including phenoxy) is 1. The third kappa shape index (κ3) is 5.16. The van der Waals surface area contributed by atoms with Crippen LogP contribution in [-0.2, 0) is 19.6 Å². The first-order valence-electron chi connectivity index (χ1n) is 10.2. The predicted octanol–water partition coefficient (Wildman–Crippen LogP) is 4.21. The first-order chi connectivity index (χ1) is 14.9. The van der Waals surface area contributed by atoms with Crippen molar-refractivity contribution < 1.29 is 19.4 Å². The van der Waals surface area contributed by atoms with Gasteiger partial charge in [0, 0.05) is 35.6 Å². The highest BCUT2D eigenvalue weighted by molar-refractivity contribution is 6.08. The Kier molecular flexibility index (Phi) is 7.15. The summed E-state index contributed by atoms with van der Waals surface area (Å²) in [5.41, 5.74) is 9.28. The average molecular weight is 418 g/mol. The van der Waals surface area contributed by atoms with Crippen molar-refractivity contribution in [2.75, 3.05) is 0 Å². The molecule has 0 bridgehead atoms. The number of phenolic OH excluding ortho intramolecular Hbond substituents is 1. The summed E-state index contributed by atoms with van der Waals surface area (Å²) in [6.07, 6.45) is 4.59. The van der Waals surface area contributed by atoms with E-state index in [0.717, 1.165) is 17.5 Å². The number of benzene rings is 2. The second-order valence-corrected chi connectivity index (χ2v) is 7.35. The van der Waals surface area contributed by atoms with Crippen LogP contribution in [0.25, 0.3) is 0 Å². The van der Waals surface area contributed by atoms with Crippen LogP contribution in [0.15, 0.2) is 54.9 Å². The standard InChI is InChI=1S/C25H26N2O4/c1-3-4-22-23(10-9-21(16(2)28)25(22)30)31-15-17-5-7-19(8-6-17)24(29)20-11-18(12-26)13-27-14-20/h5-11,13-14,30H,3-4,12,15,26H2,1-2H3. The van der Waals surface area contributed by atoms with Gasteiger partial charge >= 0.3 is 0 Å². The number of Topliss-reactive ketones (excluding diaryl/α,β-unsaturated/α-hetero) is 1. The number of rotatable bonds is 9. The van der Waals surface area contributed by atoms with Crippen molar-refractivity contribution in [1.82, 2.24) is 4.98 Å². The summed E-state index contributed by atoms with van der Waals surface area (Å²) in [4.78, 5) is 28.4. The van der Waals surface area contributed by atoms with Crippen LogP contribution in [0.4, 0.5) is 0 Å². The smallest absolute Gasteiger partial charge is 0.194 e. The van der Waals surface area contributed by atoms with Crippen molar-refractivity contribution in [2.45, 2.75) is 39.8 Å². The lowest BCUT2D eigenvalue weighted by molar-refractivity contribution is 0.101. The number of hydrogen-bond donors (Lipinski definition) is 2. The molecule has 0 spiro atoms. The number of hydrogen-bond acceptors (Lipinski definition) is 6. The van der Waals surface area contributed by atoms with Gasteiger partial charge in [-0.05, 0) is 42.7 Å². The summed E-state index contributed by atoms with van der Waals surface area (Å²) < 4.78 is 5.93. The van der Waals surface area contributed by atoms with Crippen molar-refractivity contribution in [3.05, 3.63) is 88.2 Å². The van der Waals surface area contributed by atoms with Crippen LogP contribution < -0.4 is 10.5 Å². The molecule has 0 fully saturated rings. The number of pyridine rings is 1. The van der Waals surface area contributed by atoms with Crippen LogP contribution in [0, 0.1) is 0 Å². The predicted molar refractivity (Wildman–Crippen MR) is 118 cm³/mol. The Morgan fingerprint density at radius 1 is 1.03 bits per heavy atom. The van der Waals surface area contributed by atoms with Crippen LogP contribution in [0.1, 0.15) is 63.2 Å². The molecule has 0 saturated heterocycles. The van der Waals surface area contributed by atoms with Crippen LogP contribution in [-0.4, -0.2) is 21.7 Å². The van der Waals surface area contributed by atoms with Gasteiger partial charge in [-0.25, -0.2) is 0 Å². The van der Waals surface area contributed by atoms with Crippen molar-refractivity contribution in [1.29, 1.82) is 0 Å². The van der Waals surface area contributed by atoms with Gasteiger partial charge in [-0.3, -0.25) is 14.6 Å². The molecule has 0 aliphatic rings. The van der Waals surface area contributed by atoms with Gasteiger partial charge in [0.15, 0.2) is 11.6 Å². The molecule has 2 aromatic carbocycles. The van der Waals surface area contributed by atoms with E-state index in [1.807, 2.05) is 19.1 Å². The van der Waals surface area contributed by atoms with E-state index in [9.17, 15) is 14.7 Å². The van der Waals surface area contributed by atoms with E-state index in [1.165, 1.54) is 13.1 Å². The molecule has 0 amide bonds. The van der Waals surface area contributed by atoms with Gasteiger partial charge in [0.25, 0.3) is 0 Å². The molecule has 6 nitrogen and oxygen atoms in total. The number of ketones is 2. The molecule has 160 valence electrons. The summed E-state index contributed by atoms with van der Waals surface area (Å²) in [6.45, 7) is 4.02. The van der Waals surface area contributed by atoms with E-state index in [-0.39, 0.29) is 23.9 Å². The van der Waals surface area contributed by atoms with Crippen molar-refractivity contribution in [2.24, 2.45) is 5.73 Å². The minimum Gasteiger partial charge on any atom is -0.507 e. The third-order valence-electron chi connectivity index (χ3n) is 5.02. The maximum absolute atomic E-state index is 12.7. The molecule has 0 aliphatic carbocycles. The Morgan fingerprint density at radius 2 is 1.77 bits per heavy atom. The minimum absolute atomic E-state index is 0.0129. The molecule has 3 aromatic rings. The molecule has 1 heterocycles. The molecular formula is C25H26N2O4. The number of phenols is 1. The first-order valence-corrected chi connectivity index (χ1v) is 10.2. The molecule has 3 N–H and O–H groups in total. The molecule has 0 radical (unpaired) electrons. The lowest BCUT2D eigenvalue weighted by Gasteiger charge is -2.15. The molecule has 1 aromatic heterocycles. The number of aromatic hydroxyl groups is 1. The molecule has 0 aliphatic heterocycles. The summed E-state index contributed by atoms with van der Waals surface area (Å²) in [5, 5.41) is 10.5. The normalized spacial score (nSPS) is 10.7. The Bertz CT molecular complexity index is 1090. The van der Waals surface area contributed by atoms with E-state index >= 15 is 0 Å². The summed E-state index contributed by atoms with van der Waals surface area (Å²) in [6, 6.07) is 12.2. The lowest BCUT2D eigenvalue weighted by atomic mass is 10.0. The number of nitrogens with two attached hydrogens (primary N) is 1. The van der Waals surface area contributed by atoms with Crippen LogP contribution in [0.5, 0.6) is 11.5 Å². The van der Waals surface area contributed by atoms with Gasteiger partial charge in [-0.2, -0.15) is 0 Å². The van der Waals surface area contributed by atoms with E-state index in [1.54, 1.807) is 36.5 Å². The van der Waals surface area contributed by atoms with Gasteiger partial charge in [0.1, 0.15) is 18.1 Å². The average Bonchev–Trinajstić information content (AvgIpc) is 2.79. The highest BCUT2D eigenvalue weighted by atomic mass is 16.5. The SMILES string of the molecule is CCCc1c(OCc2ccc(C(=O)c3cncc(CN)c3)cc2)ccc(C(C)=O)c1O. The molecular weight excluding hydrogens is 392 g/mol. The van der Waals surface area contributed by atoms with Gasteiger partial charge < -0.3 is 15.6 Å². The van der Waals surface area contributed by atoms with Crippen LogP contribution in [0.2, 0.25) is 0 Å². The van der Waals surface area contributed by atoms with E-state index in [0.29, 0.717) is 41.0 Å². The van der Waals surface area contributed by atoms with Crippen molar-refractivity contribution >= 4 is 11.6 Å². The molecule has 0 unspecified atom stereocenters. The molecule has 6 heteroatoms. The zero-order valence-corrected chi connectivity index (χ0v) is 17.7. The molecule has 0 saturated carbocycles. The van der Waals surface area contributed by atoms with E-state index in [4.69, 9.17) is 10.5 Å². The minimum atomic E-state index is -0.186. The number of aromatic nitrogens is 1. The first kappa shape index (κ1) is 22.2. The lowest BCUT2D eigenvalue weighted by Crippen LogP contribution is -2.06. The van der Waals surface area contributed by atoms with Crippen molar-refractivity contribution in [3.8, 4) is 11.5 Å². The highest BCUT2D eigenvalue weighted by Gasteiger charge is 2.16. The Hall–Kier alpha value is -3.51. The van der Waals surface area contributed by atoms with Gasteiger partial charge in [0.2, 0.25) is 0 Å². The Balaban J connectivity index is 1.74. The van der Waals surface area contributed by atoms with Crippen LogP contribution in [0.3, 0.4) is 0 Å². The maximum Gasteiger partial charge on any atom is 0.194 e. The van der Waals surface area contributed by atoms with Gasteiger partial charge in [-0.15, -0.1) is 0 Å². The topological polar surface area (TPSA) is 103 Å². The quantitative estimate of drug-likeness (QED) is 0.505. The zero-order chi connectivity index (χ0) is 22.4. The summed E-state index contributed by atoms with van der Waals surface area (Å²) in [7, 11) is 0.